The molecule has 0 bridgehead atoms. The molecule has 1 unspecified atom stereocenters. The molecule has 1 aromatic carbocycles. The second-order valence-corrected chi connectivity index (χ2v) is 8.53. The number of hydrogen-bond donors (Lipinski definition) is 0. The lowest BCUT2D eigenvalue weighted by molar-refractivity contribution is -0.143. The predicted octanol–water partition coefficient (Wildman–Crippen LogP) is 2.90. The normalized spacial score (nSPS) is 14.9. The Morgan fingerprint density at radius 2 is 1.88 bits per heavy atom. The Hall–Kier alpha value is -3.33. The van der Waals surface area contributed by atoms with Crippen molar-refractivity contribution in [3.05, 3.63) is 68.0 Å². The Bertz CT molecular complexity index is 1220. The molecule has 0 aliphatic carbocycles. The smallest absolute Gasteiger partial charge is 0.326 e. The number of thiazole rings is 1. The first kappa shape index (κ1) is 21.9. The maximum Gasteiger partial charge on any atom is 0.326 e. The first-order chi connectivity index (χ1) is 15.3. The number of carbonyl (C=O) groups is 2. The lowest BCUT2D eigenvalue weighted by atomic mass is 10.1. The number of esters is 1. The Kier molecular flexibility index (Phi) is 6.18. The van der Waals surface area contributed by atoms with Crippen molar-refractivity contribution in [2.75, 3.05) is 13.2 Å². The number of Topliss-reactive ketones (excluding diaryl/α,β-unsaturated/α-hetero) is 1. The van der Waals surface area contributed by atoms with Gasteiger partial charge >= 0.3 is 10.8 Å². The van der Waals surface area contributed by atoms with E-state index in [0.717, 1.165) is 28.5 Å². The molecule has 3 aromatic rings. The van der Waals surface area contributed by atoms with Crippen LogP contribution < -0.4 is 14.3 Å². The molecule has 1 aliphatic rings. The van der Waals surface area contributed by atoms with E-state index in [2.05, 4.69) is 0 Å². The van der Waals surface area contributed by atoms with Gasteiger partial charge in [-0.15, -0.1) is 0 Å². The molecule has 0 saturated carbocycles. The van der Waals surface area contributed by atoms with Gasteiger partial charge in [0.15, 0.2) is 24.2 Å². The van der Waals surface area contributed by atoms with Crippen molar-refractivity contribution in [3.8, 4) is 11.5 Å². The Labute approximate surface area is 189 Å². The van der Waals surface area contributed by atoms with Gasteiger partial charge in [0.2, 0.25) is 5.78 Å². The third-order valence-electron chi connectivity index (χ3n) is 5.46. The van der Waals surface area contributed by atoms with Gasteiger partial charge in [0.05, 0.1) is 6.54 Å². The summed E-state index contributed by atoms with van der Waals surface area (Å²) in [6.07, 6.45) is -0.192. The van der Waals surface area contributed by atoms with Crippen LogP contribution in [0, 0.1) is 20.8 Å². The van der Waals surface area contributed by atoms with Gasteiger partial charge in [-0.1, -0.05) is 23.5 Å². The van der Waals surface area contributed by atoms with Crippen molar-refractivity contribution in [2.45, 2.75) is 40.0 Å². The van der Waals surface area contributed by atoms with Crippen molar-refractivity contribution in [1.82, 2.24) is 9.13 Å². The van der Waals surface area contributed by atoms with Gasteiger partial charge in [0.1, 0.15) is 13.2 Å². The number of ether oxygens (including phenoxy) is 3. The minimum Gasteiger partial charge on any atom is -0.486 e. The molecule has 1 atom stereocenters. The lowest BCUT2D eigenvalue weighted by Crippen LogP contribution is -2.33. The molecule has 0 amide bonds. The summed E-state index contributed by atoms with van der Waals surface area (Å²) < 4.78 is 20.3. The number of para-hydroxylation sites is 2. The number of aryl methyl sites for hydroxylation is 2. The van der Waals surface area contributed by atoms with E-state index in [-0.39, 0.29) is 29.9 Å². The molecule has 0 spiro atoms. The Balaban J connectivity index is 1.38. The zero-order valence-electron chi connectivity index (χ0n) is 18.1. The van der Waals surface area contributed by atoms with Gasteiger partial charge in [-0.2, -0.15) is 0 Å². The second-order valence-electron chi connectivity index (χ2n) is 7.71. The van der Waals surface area contributed by atoms with E-state index >= 15 is 0 Å². The van der Waals surface area contributed by atoms with Gasteiger partial charge in [-0.25, -0.2) is 0 Å². The lowest BCUT2D eigenvalue weighted by Gasteiger charge is -2.27. The van der Waals surface area contributed by atoms with E-state index in [1.807, 2.05) is 42.7 Å². The monoisotopic (exact) mass is 456 g/mol. The highest BCUT2D eigenvalue weighted by Crippen LogP contribution is 2.31. The second kappa shape index (κ2) is 9.04. The average molecular weight is 457 g/mol. The molecule has 168 valence electrons. The van der Waals surface area contributed by atoms with E-state index in [9.17, 15) is 14.4 Å². The molecule has 4 rings (SSSR count). The van der Waals surface area contributed by atoms with E-state index in [4.69, 9.17) is 14.2 Å². The van der Waals surface area contributed by atoms with Crippen molar-refractivity contribution < 1.29 is 23.8 Å². The summed E-state index contributed by atoms with van der Waals surface area (Å²) in [5, 5.41) is 1.68. The number of benzene rings is 1. The Morgan fingerprint density at radius 3 is 2.59 bits per heavy atom. The van der Waals surface area contributed by atoms with E-state index in [1.165, 1.54) is 4.57 Å². The molecule has 0 saturated heterocycles. The summed E-state index contributed by atoms with van der Waals surface area (Å²) in [4.78, 5) is 36.3. The highest BCUT2D eigenvalue weighted by Gasteiger charge is 2.24. The summed E-state index contributed by atoms with van der Waals surface area (Å²) in [6.45, 7) is 5.87. The minimum absolute atomic E-state index is 0.192. The zero-order valence-corrected chi connectivity index (χ0v) is 18.9. The quantitative estimate of drug-likeness (QED) is 0.401. The molecule has 0 radical (unpaired) electrons. The van der Waals surface area contributed by atoms with Crippen LogP contribution in [0.3, 0.4) is 0 Å². The molecule has 2 aromatic heterocycles. The van der Waals surface area contributed by atoms with Gasteiger partial charge in [0, 0.05) is 28.0 Å². The van der Waals surface area contributed by atoms with Crippen LogP contribution >= 0.6 is 11.3 Å². The van der Waals surface area contributed by atoms with Crippen LogP contribution in [-0.4, -0.2) is 40.2 Å². The SMILES string of the molecule is Cc1cc(C(=O)COC(=O)Cn2c(C)csc2=O)c(C)n1CC1COc2ccccc2O1. The fourth-order valence-corrected chi connectivity index (χ4v) is 4.45. The topological polar surface area (TPSA) is 88.8 Å². The third kappa shape index (κ3) is 4.47. The van der Waals surface area contributed by atoms with Crippen LogP contribution in [0.5, 0.6) is 11.5 Å². The average Bonchev–Trinajstić information content (AvgIpc) is 3.25. The molecule has 1 aliphatic heterocycles. The highest BCUT2D eigenvalue weighted by molar-refractivity contribution is 7.07. The standard InChI is InChI=1S/C23H24N2O6S/c1-14-8-18(19(26)12-30-22(27)10-25-15(2)13-32-23(25)28)16(3)24(14)9-17-11-29-20-6-4-5-7-21(20)31-17/h4-8,13,17H,9-12H2,1-3H3. The van der Waals surface area contributed by atoms with E-state index in [0.29, 0.717) is 30.2 Å². The molecule has 0 fully saturated rings. The van der Waals surface area contributed by atoms with E-state index < -0.39 is 5.97 Å². The fraction of sp³-hybridized carbons (Fsp3) is 0.348. The number of fused-ring (bicyclic) bond motifs is 1. The number of ketones is 1. The summed E-state index contributed by atoms with van der Waals surface area (Å²) in [6, 6.07) is 9.31. The van der Waals surface area contributed by atoms with Gasteiger partial charge in [-0.3, -0.25) is 19.0 Å². The highest BCUT2D eigenvalue weighted by atomic mass is 32.1. The summed E-state index contributed by atoms with van der Waals surface area (Å²) >= 11 is 1.02. The maximum atomic E-state index is 12.7. The van der Waals surface area contributed by atoms with Crippen molar-refractivity contribution >= 4 is 23.1 Å². The van der Waals surface area contributed by atoms with Gasteiger partial charge in [0.25, 0.3) is 0 Å². The first-order valence-electron chi connectivity index (χ1n) is 10.2. The van der Waals surface area contributed by atoms with Crippen molar-refractivity contribution in [3.63, 3.8) is 0 Å². The number of hydrogen-bond acceptors (Lipinski definition) is 7. The van der Waals surface area contributed by atoms with Crippen molar-refractivity contribution in [2.24, 2.45) is 0 Å². The number of nitrogens with zero attached hydrogens (tertiary/aromatic N) is 2. The summed E-state index contributed by atoms with van der Waals surface area (Å²) in [5.41, 5.74) is 2.86. The van der Waals surface area contributed by atoms with Crippen LogP contribution in [0.4, 0.5) is 0 Å². The molecule has 8 nitrogen and oxygen atoms in total. The third-order valence-corrected chi connectivity index (χ3v) is 6.34. The van der Waals surface area contributed by atoms with Crippen LogP contribution in [0.1, 0.15) is 27.4 Å². The molecule has 3 heterocycles. The Morgan fingerprint density at radius 1 is 1.12 bits per heavy atom. The summed E-state index contributed by atoms with van der Waals surface area (Å²) in [7, 11) is 0. The van der Waals surface area contributed by atoms with Crippen LogP contribution in [0.25, 0.3) is 0 Å². The molecular formula is C23H24N2O6S. The van der Waals surface area contributed by atoms with Crippen molar-refractivity contribution in [1.29, 1.82) is 0 Å². The maximum absolute atomic E-state index is 12.7. The molecule has 32 heavy (non-hydrogen) atoms. The van der Waals surface area contributed by atoms with E-state index in [1.54, 1.807) is 18.4 Å². The number of rotatable bonds is 7. The first-order valence-corrected chi connectivity index (χ1v) is 11.1. The predicted molar refractivity (Wildman–Crippen MR) is 119 cm³/mol. The number of carbonyl (C=O) groups excluding carboxylic acids is 2. The van der Waals surface area contributed by atoms with Crippen LogP contribution in [0.15, 0.2) is 40.5 Å². The minimum atomic E-state index is -0.623. The van der Waals surface area contributed by atoms with Gasteiger partial charge in [-0.05, 0) is 39.0 Å². The largest absolute Gasteiger partial charge is 0.486 e. The number of aromatic nitrogens is 2. The van der Waals surface area contributed by atoms with Crippen LogP contribution in [-0.2, 0) is 22.6 Å². The van der Waals surface area contributed by atoms with Gasteiger partial charge < -0.3 is 18.8 Å². The van der Waals surface area contributed by atoms with Crippen LogP contribution in [0.2, 0.25) is 0 Å². The molecular weight excluding hydrogens is 432 g/mol. The zero-order chi connectivity index (χ0) is 22.8. The summed E-state index contributed by atoms with van der Waals surface area (Å²) in [5.74, 6) is 0.511. The molecule has 0 N–H and O–H groups in total. The fourth-order valence-electron chi connectivity index (χ4n) is 3.72. The molecule has 9 heteroatoms.